The Kier molecular flexibility index (Phi) is 13.9. The summed E-state index contributed by atoms with van der Waals surface area (Å²) in [5, 5.41) is 0. The summed E-state index contributed by atoms with van der Waals surface area (Å²) < 4.78 is 0. The zero-order valence-corrected chi connectivity index (χ0v) is 52.3. The average Bonchev–Trinajstić information content (AvgIpc) is 0.771. The van der Waals surface area contributed by atoms with Crippen LogP contribution in [0.2, 0.25) is 0 Å². The molecule has 2 aliphatic rings. The molecule has 0 saturated carbocycles. The molecule has 2 heterocycles. The number of hydrogen-bond donors (Lipinski definition) is 0. The Balaban J connectivity index is 1.21. The highest BCUT2D eigenvalue weighted by atomic mass is 15.2. The summed E-state index contributed by atoms with van der Waals surface area (Å²) in [4.78, 5) is 7.72. The molecular weight excluding hydrogens is 1010 g/mol. The van der Waals surface area contributed by atoms with E-state index in [1.165, 1.54) is 89.0 Å². The van der Waals surface area contributed by atoms with Gasteiger partial charge in [0.2, 0.25) is 0 Å². The van der Waals surface area contributed by atoms with Gasteiger partial charge in [0, 0.05) is 45.4 Å². The molecule has 4 heteroatoms. The molecule has 0 N–H and O–H groups in total. The van der Waals surface area contributed by atoms with Crippen LogP contribution in [0, 0.1) is 0 Å². The number of anilines is 9. The fraction of sp³-hybridized carbons (Fsp3) is 0.250. The zero-order chi connectivity index (χ0) is 59.3. The van der Waals surface area contributed by atoms with E-state index in [0.29, 0.717) is 0 Å². The van der Waals surface area contributed by atoms with Crippen molar-refractivity contribution in [2.24, 2.45) is 0 Å². The summed E-state index contributed by atoms with van der Waals surface area (Å²) in [6.45, 7) is 34.9. The molecule has 0 bridgehead atoms. The van der Waals surface area contributed by atoms with Crippen LogP contribution in [0.25, 0.3) is 33.4 Å². The van der Waals surface area contributed by atoms with Crippen molar-refractivity contribution >= 4 is 74.3 Å². The number of rotatable bonds is 8. The highest BCUT2D eigenvalue weighted by Crippen LogP contribution is 2.51. The van der Waals surface area contributed by atoms with E-state index in [0.717, 1.165) is 39.8 Å². The lowest BCUT2D eigenvalue weighted by Crippen LogP contribution is -2.61. The highest BCUT2D eigenvalue weighted by molar-refractivity contribution is 7.00. The third kappa shape index (κ3) is 10.5. The molecule has 2 aliphatic heterocycles. The molecule has 420 valence electrons. The van der Waals surface area contributed by atoms with Crippen molar-refractivity contribution in [3.63, 3.8) is 0 Å². The SMILES string of the molecule is CC(C)(C)c1ccc(-c2cc(C(C)(C)C)ccc2N2c3ccc(C(C)(C)C)cc3B3c4cc(C(C)(C)C)ccc4N(c4ccc(C(C)(C)C)cc4)c4cc(N(c5ccc(-c6ccccc6)cc5)c5ccc(-c6ccccc6)cc5)cc2c43)cc1. The topological polar surface area (TPSA) is 9.72 Å². The predicted molar refractivity (Wildman–Crippen MR) is 365 cm³/mol. The van der Waals surface area contributed by atoms with Crippen molar-refractivity contribution in [1.29, 1.82) is 0 Å². The molecule has 0 atom stereocenters. The zero-order valence-electron chi connectivity index (χ0n) is 52.3. The molecule has 0 unspecified atom stereocenters. The third-order valence-electron chi connectivity index (χ3n) is 17.7. The van der Waals surface area contributed by atoms with Crippen LogP contribution in [0.4, 0.5) is 51.2 Å². The van der Waals surface area contributed by atoms with E-state index in [2.05, 4.69) is 343 Å². The van der Waals surface area contributed by atoms with E-state index in [1.807, 2.05) is 0 Å². The fourth-order valence-electron chi connectivity index (χ4n) is 12.6. The van der Waals surface area contributed by atoms with Gasteiger partial charge in [-0.1, -0.05) is 256 Å². The molecule has 0 radical (unpaired) electrons. The predicted octanol–water partition coefficient (Wildman–Crippen LogP) is 20.7. The van der Waals surface area contributed by atoms with Gasteiger partial charge in [0.1, 0.15) is 0 Å². The Hall–Kier alpha value is -8.34. The van der Waals surface area contributed by atoms with Crippen molar-refractivity contribution < 1.29 is 0 Å². The third-order valence-corrected chi connectivity index (χ3v) is 17.7. The largest absolute Gasteiger partial charge is 0.311 e. The van der Waals surface area contributed by atoms with Gasteiger partial charge >= 0.3 is 0 Å². The van der Waals surface area contributed by atoms with Gasteiger partial charge in [-0.3, -0.25) is 0 Å². The molecule has 84 heavy (non-hydrogen) atoms. The second-order valence-electron chi connectivity index (χ2n) is 28.8. The smallest absolute Gasteiger partial charge is 0.252 e. The van der Waals surface area contributed by atoms with Crippen LogP contribution in [0.3, 0.4) is 0 Å². The van der Waals surface area contributed by atoms with Crippen molar-refractivity contribution in [2.45, 2.75) is 131 Å². The first kappa shape index (κ1) is 56.2. The minimum absolute atomic E-state index is 0.0113. The Morgan fingerprint density at radius 2 is 0.619 bits per heavy atom. The molecule has 0 aromatic heterocycles. The van der Waals surface area contributed by atoms with Crippen LogP contribution in [0.5, 0.6) is 0 Å². The van der Waals surface area contributed by atoms with E-state index in [-0.39, 0.29) is 33.8 Å². The van der Waals surface area contributed by atoms with Gasteiger partial charge in [-0.25, -0.2) is 0 Å². The van der Waals surface area contributed by atoms with Gasteiger partial charge in [0.15, 0.2) is 0 Å². The fourth-order valence-corrected chi connectivity index (χ4v) is 12.6. The van der Waals surface area contributed by atoms with Crippen LogP contribution >= 0.6 is 0 Å². The Labute approximate surface area is 502 Å². The number of benzene rings is 10. The lowest BCUT2D eigenvalue weighted by Gasteiger charge is -2.46. The first-order chi connectivity index (χ1) is 39.8. The first-order valence-electron chi connectivity index (χ1n) is 30.4. The maximum atomic E-state index is 2.65. The maximum absolute atomic E-state index is 2.65. The molecule has 12 rings (SSSR count). The second kappa shape index (κ2) is 20.8. The molecule has 3 nitrogen and oxygen atoms in total. The van der Waals surface area contributed by atoms with E-state index >= 15 is 0 Å². The van der Waals surface area contributed by atoms with Gasteiger partial charge < -0.3 is 14.7 Å². The Morgan fingerprint density at radius 1 is 0.274 bits per heavy atom. The number of hydrogen-bond acceptors (Lipinski definition) is 3. The second-order valence-corrected chi connectivity index (χ2v) is 28.8. The normalized spacial score (nSPS) is 13.3. The quantitative estimate of drug-likeness (QED) is 0.140. The van der Waals surface area contributed by atoms with Crippen molar-refractivity contribution in [3.05, 3.63) is 252 Å². The van der Waals surface area contributed by atoms with Gasteiger partial charge in [-0.05, 0) is 172 Å². The minimum Gasteiger partial charge on any atom is -0.311 e. The molecule has 10 aromatic carbocycles. The van der Waals surface area contributed by atoms with Gasteiger partial charge in [0.05, 0.1) is 11.4 Å². The molecular formula is C80H82BN3. The first-order valence-corrected chi connectivity index (χ1v) is 30.4. The number of nitrogens with zero attached hydrogens (tertiary/aromatic N) is 3. The van der Waals surface area contributed by atoms with E-state index in [1.54, 1.807) is 0 Å². The lowest BCUT2D eigenvalue weighted by molar-refractivity contribution is 0.590. The van der Waals surface area contributed by atoms with Gasteiger partial charge in [0.25, 0.3) is 6.71 Å². The van der Waals surface area contributed by atoms with Crippen LogP contribution in [-0.4, -0.2) is 6.71 Å². The van der Waals surface area contributed by atoms with Crippen molar-refractivity contribution in [2.75, 3.05) is 14.7 Å². The molecule has 10 aromatic rings. The summed E-state index contributed by atoms with van der Waals surface area (Å²) in [5.74, 6) is 0. The summed E-state index contributed by atoms with van der Waals surface area (Å²) in [6, 6.07) is 85.7. The van der Waals surface area contributed by atoms with Crippen LogP contribution in [0.15, 0.2) is 224 Å². The Morgan fingerprint density at radius 3 is 1.05 bits per heavy atom. The Bertz CT molecular complexity index is 3960. The van der Waals surface area contributed by atoms with Crippen LogP contribution in [-0.2, 0) is 27.1 Å². The highest BCUT2D eigenvalue weighted by Gasteiger charge is 2.45. The van der Waals surface area contributed by atoms with Gasteiger partial charge in [-0.15, -0.1) is 0 Å². The van der Waals surface area contributed by atoms with E-state index < -0.39 is 0 Å². The molecule has 0 saturated heterocycles. The lowest BCUT2D eigenvalue weighted by atomic mass is 9.33. The van der Waals surface area contributed by atoms with Crippen molar-refractivity contribution in [3.8, 4) is 33.4 Å². The minimum atomic E-state index is -0.0979. The standard InChI is InChI=1S/C80H82BN3/c1-76(2,3)58-32-26-57(27-33-58)67-48-60(78(7,8)9)36-45-70(67)84-72-47-38-62(80(13,14)15)50-69(72)81-68-49-61(79(10,11)12)37-46-71(68)83(65-43-34-59(35-44-65)77(4,5)6)73-51-66(52-74(84)75(73)81)82(63-39-28-55(29-40-63)53-22-18-16-19-23-53)64-41-30-56(31-42-64)54-24-20-17-21-25-54/h16-52H,1-15H3. The summed E-state index contributed by atoms with van der Waals surface area (Å²) in [6.07, 6.45) is 0. The molecule has 0 aliphatic carbocycles. The van der Waals surface area contributed by atoms with Gasteiger partial charge in [-0.2, -0.15) is 0 Å². The molecule has 0 spiro atoms. The number of fused-ring (bicyclic) bond motifs is 4. The molecule has 0 amide bonds. The summed E-state index contributed by atoms with van der Waals surface area (Å²) in [5.41, 5.74) is 27.6. The van der Waals surface area contributed by atoms with E-state index in [9.17, 15) is 0 Å². The average molecular weight is 1100 g/mol. The maximum Gasteiger partial charge on any atom is 0.252 e. The van der Waals surface area contributed by atoms with Crippen LogP contribution < -0.4 is 31.1 Å². The summed E-state index contributed by atoms with van der Waals surface area (Å²) in [7, 11) is 0. The monoisotopic (exact) mass is 1100 g/mol. The van der Waals surface area contributed by atoms with E-state index in [4.69, 9.17) is 0 Å². The van der Waals surface area contributed by atoms with Crippen molar-refractivity contribution in [1.82, 2.24) is 0 Å². The van der Waals surface area contributed by atoms with Crippen LogP contribution in [0.1, 0.15) is 132 Å². The summed E-state index contributed by atoms with van der Waals surface area (Å²) >= 11 is 0. The molecule has 0 fully saturated rings.